The van der Waals surface area contributed by atoms with Crippen molar-refractivity contribution in [3.8, 4) is 0 Å². The molecule has 3 rings (SSSR count). The first-order valence-corrected chi connectivity index (χ1v) is 11.0. The third kappa shape index (κ3) is 4.17. The molecule has 27 heavy (non-hydrogen) atoms. The number of rotatable bonds is 7. The molecule has 2 fully saturated rings. The Morgan fingerprint density at radius 1 is 1.26 bits per heavy atom. The van der Waals surface area contributed by atoms with E-state index in [1.54, 1.807) is 7.05 Å². The van der Waals surface area contributed by atoms with Crippen LogP contribution in [-0.4, -0.2) is 50.9 Å². The van der Waals surface area contributed by atoms with Gasteiger partial charge in [-0.2, -0.15) is 4.31 Å². The number of benzene rings is 1. The van der Waals surface area contributed by atoms with E-state index in [4.69, 9.17) is 0 Å². The second-order valence-electron chi connectivity index (χ2n) is 7.52. The minimum absolute atomic E-state index is 0.00336. The van der Waals surface area contributed by atoms with Crippen LogP contribution in [0.25, 0.3) is 0 Å². The number of carbonyl (C=O) groups is 1. The highest BCUT2D eigenvalue weighted by atomic mass is 32.2. The lowest BCUT2D eigenvalue weighted by Crippen LogP contribution is -2.48. The third-order valence-electron chi connectivity index (χ3n) is 5.84. The molecular formula is C19H28FN3O3S. The van der Waals surface area contributed by atoms with E-state index in [0.29, 0.717) is 13.1 Å². The molecule has 0 bridgehead atoms. The van der Waals surface area contributed by atoms with Crippen LogP contribution < -0.4 is 10.6 Å². The van der Waals surface area contributed by atoms with Gasteiger partial charge in [0.25, 0.3) is 0 Å². The molecule has 1 aliphatic carbocycles. The first kappa shape index (κ1) is 20.2. The number of halogens is 1. The highest BCUT2D eigenvalue weighted by Gasteiger charge is 2.46. The van der Waals surface area contributed by atoms with Gasteiger partial charge in [-0.25, -0.2) is 12.8 Å². The highest BCUT2D eigenvalue weighted by Crippen LogP contribution is 2.40. The van der Waals surface area contributed by atoms with Crippen molar-refractivity contribution in [3.05, 3.63) is 30.1 Å². The molecule has 2 N–H and O–H groups in total. The van der Waals surface area contributed by atoms with Gasteiger partial charge in [0.05, 0.1) is 10.9 Å². The monoisotopic (exact) mass is 397 g/mol. The number of nitrogens with zero attached hydrogens (tertiary/aromatic N) is 1. The number of amides is 1. The number of hydrogen-bond donors (Lipinski definition) is 2. The van der Waals surface area contributed by atoms with Crippen LogP contribution in [0.4, 0.5) is 4.39 Å². The SMILES string of the molecule is CCC[C@H](NC)C(=O)N[C@@H]1CC[C@H]2CN(S(=O)(=O)c3ccc(F)cc3)C[C@H]21. The summed E-state index contributed by atoms with van der Waals surface area (Å²) in [6.07, 6.45) is 3.48. The van der Waals surface area contributed by atoms with Gasteiger partial charge < -0.3 is 10.6 Å². The summed E-state index contributed by atoms with van der Waals surface area (Å²) in [6, 6.07) is 4.73. The average molecular weight is 398 g/mol. The second-order valence-corrected chi connectivity index (χ2v) is 9.46. The summed E-state index contributed by atoms with van der Waals surface area (Å²) in [6.45, 7) is 2.90. The van der Waals surface area contributed by atoms with E-state index in [1.807, 2.05) is 6.92 Å². The smallest absolute Gasteiger partial charge is 0.243 e. The van der Waals surface area contributed by atoms with Crippen molar-refractivity contribution in [3.63, 3.8) is 0 Å². The fraction of sp³-hybridized carbons (Fsp3) is 0.632. The highest BCUT2D eigenvalue weighted by molar-refractivity contribution is 7.89. The minimum Gasteiger partial charge on any atom is -0.352 e. The Balaban J connectivity index is 1.67. The molecule has 4 atom stereocenters. The van der Waals surface area contributed by atoms with Gasteiger partial charge in [-0.15, -0.1) is 0 Å². The maximum Gasteiger partial charge on any atom is 0.243 e. The molecule has 150 valence electrons. The number of carbonyl (C=O) groups excluding carboxylic acids is 1. The van der Waals surface area contributed by atoms with E-state index < -0.39 is 15.8 Å². The van der Waals surface area contributed by atoms with Crippen LogP contribution in [0, 0.1) is 17.7 Å². The zero-order valence-corrected chi connectivity index (χ0v) is 16.6. The molecule has 1 aliphatic heterocycles. The van der Waals surface area contributed by atoms with Gasteiger partial charge in [0.1, 0.15) is 5.82 Å². The lowest BCUT2D eigenvalue weighted by atomic mass is 9.97. The number of hydrogen-bond acceptors (Lipinski definition) is 4. The lowest BCUT2D eigenvalue weighted by molar-refractivity contribution is -0.124. The van der Waals surface area contributed by atoms with E-state index in [0.717, 1.165) is 25.7 Å². The Morgan fingerprint density at radius 3 is 2.59 bits per heavy atom. The average Bonchev–Trinajstić information content (AvgIpc) is 3.22. The first-order valence-electron chi connectivity index (χ1n) is 9.60. The normalized spacial score (nSPS) is 26.7. The van der Waals surface area contributed by atoms with Crippen molar-refractivity contribution >= 4 is 15.9 Å². The van der Waals surface area contributed by atoms with E-state index in [1.165, 1.54) is 28.6 Å². The van der Waals surface area contributed by atoms with Gasteiger partial charge in [0, 0.05) is 19.1 Å². The Kier molecular flexibility index (Phi) is 6.18. The molecule has 0 spiro atoms. The van der Waals surface area contributed by atoms with Crippen molar-refractivity contribution < 1.29 is 17.6 Å². The first-order chi connectivity index (χ1) is 12.9. The summed E-state index contributed by atoms with van der Waals surface area (Å²) < 4.78 is 40.3. The third-order valence-corrected chi connectivity index (χ3v) is 7.69. The molecule has 1 aromatic carbocycles. The second kappa shape index (κ2) is 8.24. The molecule has 1 amide bonds. The van der Waals surface area contributed by atoms with Gasteiger partial charge in [0.15, 0.2) is 0 Å². The van der Waals surface area contributed by atoms with E-state index in [9.17, 15) is 17.6 Å². The Hall–Kier alpha value is -1.51. The molecule has 6 nitrogen and oxygen atoms in total. The Morgan fingerprint density at radius 2 is 1.96 bits per heavy atom. The van der Waals surface area contributed by atoms with Crippen LogP contribution in [0.15, 0.2) is 29.2 Å². The summed E-state index contributed by atoms with van der Waals surface area (Å²) in [4.78, 5) is 12.6. The zero-order valence-electron chi connectivity index (χ0n) is 15.8. The van der Waals surface area contributed by atoms with Crippen molar-refractivity contribution in [2.75, 3.05) is 20.1 Å². The zero-order chi connectivity index (χ0) is 19.6. The maximum atomic E-state index is 13.1. The number of nitrogens with one attached hydrogen (secondary N) is 2. The summed E-state index contributed by atoms with van der Waals surface area (Å²) >= 11 is 0. The Bertz CT molecular complexity index is 769. The summed E-state index contributed by atoms with van der Waals surface area (Å²) in [5.74, 6) is -0.0842. The topological polar surface area (TPSA) is 78.5 Å². The molecule has 2 aliphatic rings. The number of likely N-dealkylation sites (N-methyl/N-ethyl adjacent to an activating group) is 1. The quantitative estimate of drug-likeness (QED) is 0.735. The van der Waals surface area contributed by atoms with Gasteiger partial charge in [0.2, 0.25) is 15.9 Å². The predicted molar refractivity (Wildman–Crippen MR) is 101 cm³/mol. The van der Waals surface area contributed by atoms with Crippen molar-refractivity contribution in [2.24, 2.45) is 11.8 Å². The molecule has 1 saturated heterocycles. The standard InChI is InChI=1S/C19H28FN3O3S/c1-3-4-18(21-2)19(24)22-17-10-5-13-11-23(12-16(13)17)27(25,26)15-8-6-14(20)7-9-15/h6-9,13,16-18,21H,3-5,10-12H2,1-2H3,(H,22,24)/t13-,16+,17+,18-/m0/s1. The maximum absolute atomic E-state index is 13.1. The van der Waals surface area contributed by atoms with Crippen molar-refractivity contribution in [2.45, 2.75) is 49.6 Å². The van der Waals surface area contributed by atoms with Gasteiger partial charge >= 0.3 is 0 Å². The molecule has 8 heteroatoms. The molecule has 1 heterocycles. The number of sulfonamides is 1. The molecule has 1 saturated carbocycles. The van der Waals surface area contributed by atoms with Crippen molar-refractivity contribution in [1.29, 1.82) is 0 Å². The van der Waals surface area contributed by atoms with Crippen LogP contribution in [0.1, 0.15) is 32.6 Å². The van der Waals surface area contributed by atoms with Gasteiger partial charge in [-0.05, 0) is 62.4 Å². The molecule has 0 radical (unpaired) electrons. The molecule has 0 unspecified atom stereocenters. The van der Waals surface area contributed by atoms with Crippen LogP contribution in [0.2, 0.25) is 0 Å². The van der Waals surface area contributed by atoms with Crippen LogP contribution in [-0.2, 0) is 14.8 Å². The minimum atomic E-state index is -3.64. The summed E-state index contributed by atoms with van der Waals surface area (Å²) in [7, 11) is -1.86. The van der Waals surface area contributed by atoms with Gasteiger partial charge in [-0.1, -0.05) is 13.3 Å². The molecule has 1 aromatic rings. The fourth-order valence-electron chi connectivity index (χ4n) is 4.33. The van der Waals surface area contributed by atoms with E-state index >= 15 is 0 Å². The van der Waals surface area contributed by atoms with E-state index in [-0.39, 0.29) is 34.7 Å². The van der Waals surface area contributed by atoms with E-state index in [2.05, 4.69) is 10.6 Å². The summed E-state index contributed by atoms with van der Waals surface area (Å²) in [5, 5.41) is 6.18. The largest absolute Gasteiger partial charge is 0.352 e. The lowest BCUT2D eigenvalue weighted by Gasteiger charge is -2.24. The van der Waals surface area contributed by atoms with Crippen molar-refractivity contribution in [1.82, 2.24) is 14.9 Å². The molecule has 0 aromatic heterocycles. The fourth-order valence-corrected chi connectivity index (χ4v) is 5.87. The van der Waals surface area contributed by atoms with Crippen LogP contribution in [0.3, 0.4) is 0 Å². The van der Waals surface area contributed by atoms with Crippen LogP contribution in [0.5, 0.6) is 0 Å². The Labute approximate surface area is 160 Å². The molecular weight excluding hydrogens is 369 g/mol. The number of fused-ring (bicyclic) bond motifs is 1. The van der Waals surface area contributed by atoms with Crippen LogP contribution >= 0.6 is 0 Å². The summed E-state index contributed by atoms with van der Waals surface area (Å²) in [5.41, 5.74) is 0. The van der Waals surface area contributed by atoms with Gasteiger partial charge in [-0.3, -0.25) is 4.79 Å². The predicted octanol–water partition coefficient (Wildman–Crippen LogP) is 1.73.